The van der Waals surface area contributed by atoms with Crippen molar-refractivity contribution in [1.29, 1.82) is 0 Å². The number of amides is 2. The lowest BCUT2D eigenvalue weighted by Gasteiger charge is -2.31. The maximum Gasteiger partial charge on any atom is 0.253 e. The first-order chi connectivity index (χ1) is 11.6. The van der Waals surface area contributed by atoms with E-state index in [2.05, 4.69) is 29.4 Å². The van der Waals surface area contributed by atoms with Gasteiger partial charge >= 0.3 is 0 Å². The van der Waals surface area contributed by atoms with Crippen molar-refractivity contribution in [2.24, 2.45) is 0 Å². The minimum absolute atomic E-state index is 0.0137. The van der Waals surface area contributed by atoms with Gasteiger partial charge in [0.15, 0.2) is 0 Å². The van der Waals surface area contributed by atoms with Crippen molar-refractivity contribution in [1.82, 2.24) is 10.3 Å². The number of carbonyl (C=O) groups is 2. The molecule has 24 heavy (non-hydrogen) atoms. The van der Waals surface area contributed by atoms with Crippen molar-refractivity contribution in [3.05, 3.63) is 58.9 Å². The maximum absolute atomic E-state index is 12.6. The van der Waals surface area contributed by atoms with Crippen LogP contribution in [0.1, 0.15) is 33.5 Å². The van der Waals surface area contributed by atoms with Crippen LogP contribution in [0.15, 0.2) is 36.7 Å². The van der Waals surface area contributed by atoms with Crippen LogP contribution in [0, 0.1) is 13.8 Å². The van der Waals surface area contributed by atoms with Crippen molar-refractivity contribution in [3.8, 4) is 0 Å². The molecule has 0 bridgehead atoms. The molecule has 0 saturated heterocycles. The van der Waals surface area contributed by atoms with Gasteiger partial charge in [-0.25, -0.2) is 0 Å². The topological polar surface area (TPSA) is 62.3 Å². The van der Waals surface area contributed by atoms with E-state index < -0.39 is 0 Å². The molecule has 0 spiro atoms. The maximum atomic E-state index is 12.6. The SMILES string of the molecule is Cc1cc(C)c2c(c1)N(C(=O)CNC(=O)c1cccnc1)CCC2. The molecule has 5 nitrogen and oxygen atoms in total. The van der Waals surface area contributed by atoms with E-state index in [-0.39, 0.29) is 18.4 Å². The molecule has 1 aliphatic rings. The van der Waals surface area contributed by atoms with Crippen molar-refractivity contribution >= 4 is 17.5 Å². The van der Waals surface area contributed by atoms with Crippen LogP contribution < -0.4 is 10.2 Å². The lowest BCUT2D eigenvalue weighted by atomic mass is 9.95. The quantitative estimate of drug-likeness (QED) is 0.943. The van der Waals surface area contributed by atoms with Crippen LogP contribution in [0.4, 0.5) is 5.69 Å². The molecule has 0 unspecified atom stereocenters. The Morgan fingerprint density at radius 2 is 2.12 bits per heavy atom. The van der Waals surface area contributed by atoms with Gasteiger partial charge in [0.2, 0.25) is 5.91 Å². The number of fused-ring (bicyclic) bond motifs is 1. The lowest BCUT2D eigenvalue weighted by Crippen LogP contribution is -2.42. The number of benzene rings is 1. The number of hydrogen-bond donors (Lipinski definition) is 1. The lowest BCUT2D eigenvalue weighted by molar-refractivity contribution is -0.117. The Labute approximate surface area is 141 Å². The van der Waals surface area contributed by atoms with Gasteiger partial charge in [-0.05, 0) is 61.6 Å². The van der Waals surface area contributed by atoms with Crippen molar-refractivity contribution < 1.29 is 9.59 Å². The van der Waals surface area contributed by atoms with Gasteiger partial charge in [0.25, 0.3) is 5.91 Å². The second-order valence-corrected chi connectivity index (χ2v) is 6.15. The molecular weight excluding hydrogens is 302 g/mol. The first-order valence-electron chi connectivity index (χ1n) is 8.15. The van der Waals surface area contributed by atoms with Gasteiger partial charge in [-0.2, -0.15) is 0 Å². The number of anilines is 1. The van der Waals surface area contributed by atoms with Gasteiger partial charge in [-0.1, -0.05) is 6.07 Å². The van der Waals surface area contributed by atoms with E-state index in [4.69, 9.17) is 0 Å². The number of rotatable bonds is 3. The number of nitrogens with zero attached hydrogens (tertiary/aromatic N) is 2. The summed E-state index contributed by atoms with van der Waals surface area (Å²) in [6.07, 6.45) is 5.03. The van der Waals surface area contributed by atoms with Crippen LogP contribution in [-0.4, -0.2) is 29.9 Å². The van der Waals surface area contributed by atoms with Crippen LogP contribution in [0.2, 0.25) is 0 Å². The monoisotopic (exact) mass is 323 g/mol. The summed E-state index contributed by atoms with van der Waals surface area (Å²) in [5.41, 5.74) is 5.04. The summed E-state index contributed by atoms with van der Waals surface area (Å²) in [4.78, 5) is 30.4. The number of hydrogen-bond acceptors (Lipinski definition) is 3. The zero-order valence-electron chi connectivity index (χ0n) is 14.0. The summed E-state index contributed by atoms with van der Waals surface area (Å²) in [6, 6.07) is 7.58. The first-order valence-corrected chi connectivity index (χ1v) is 8.15. The third-order valence-corrected chi connectivity index (χ3v) is 4.32. The van der Waals surface area contributed by atoms with Gasteiger partial charge in [0.05, 0.1) is 12.1 Å². The van der Waals surface area contributed by atoms with Gasteiger partial charge in [-0.15, -0.1) is 0 Å². The summed E-state index contributed by atoms with van der Waals surface area (Å²) in [6.45, 7) is 4.80. The molecule has 1 N–H and O–H groups in total. The Morgan fingerprint density at radius 3 is 2.88 bits per heavy atom. The fourth-order valence-electron chi connectivity index (χ4n) is 3.19. The van der Waals surface area contributed by atoms with Crippen LogP contribution in [0.5, 0.6) is 0 Å². The minimum Gasteiger partial charge on any atom is -0.343 e. The van der Waals surface area contributed by atoms with Crippen molar-refractivity contribution in [3.63, 3.8) is 0 Å². The Morgan fingerprint density at radius 1 is 1.29 bits per heavy atom. The molecule has 1 aliphatic heterocycles. The van der Waals surface area contributed by atoms with Gasteiger partial charge < -0.3 is 10.2 Å². The van der Waals surface area contributed by atoms with Crippen LogP contribution in [-0.2, 0) is 11.2 Å². The zero-order valence-corrected chi connectivity index (χ0v) is 14.0. The highest BCUT2D eigenvalue weighted by Gasteiger charge is 2.24. The average Bonchev–Trinajstić information content (AvgIpc) is 2.59. The standard InChI is InChI=1S/C19H21N3O2/c1-13-9-14(2)16-6-4-8-22(17(16)10-13)18(23)12-21-19(24)15-5-3-7-20-11-15/h3,5,7,9-11H,4,6,8,12H2,1-2H3,(H,21,24). The summed E-state index contributed by atoms with van der Waals surface area (Å²) >= 11 is 0. The van der Waals surface area contributed by atoms with Crippen LogP contribution >= 0.6 is 0 Å². The predicted molar refractivity (Wildman–Crippen MR) is 93.2 cm³/mol. The first kappa shape index (κ1) is 16.2. The fraction of sp³-hybridized carbons (Fsp3) is 0.316. The second-order valence-electron chi connectivity index (χ2n) is 6.15. The molecule has 124 valence electrons. The Bertz CT molecular complexity index is 772. The Kier molecular flexibility index (Phi) is 4.60. The number of nitrogens with one attached hydrogen (secondary N) is 1. The molecule has 2 aromatic rings. The van der Waals surface area contributed by atoms with E-state index in [9.17, 15) is 9.59 Å². The van der Waals surface area contributed by atoms with E-state index in [1.165, 1.54) is 17.3 Å². The minimum atomic E-state index is -0.283. The van der Waals surface area contributed by atoms with Crippen molar-refractivity contribution in [2.75, 3.05) is 18.0 Å². The predicted octanol–water partition coefficient (Wildman–Crippen LogP) is 2.41. The Balaban J connectivity index is 1.72. The van der Waals surface area contributed by atoms with E-state index in [1.54, 1.807) is 23.2 Å². The molecule has 0 fully saturated rings. The molecule has 0 saturated carbocycles. The molecule has 2 heterocycles. The third-order valence-electron chi connectivity index (χ3n) is 4.32. The molecule has 1 aromatic heterocycles. The molecule has 1 aromatic carbocycles. The number of aryl methyl sites for hydroxylation is 2. The molecule has 0 radical (unpaired) electrons. The molecular formula is C19H21N3O2. The molecule has 5 heteroatoms. The van der Waals surface area contributed by atoms with Gasteiger partial charge in [0.1, 0.15) is 0 Å². The highest BCUT2D eigenvalue weighted by Crippen LogP contribution is 2.31. The zero-order chi connectivity index (χ0) is 17.1. The van der Waals surface area contributed by atoms with Crippen LogP contribution in [0.3, 0.4) is 0 Å². The number of pyridine rings is 1. The summed E-state index contributed by atoms with van der Waals surface area (Å²) in [7, 11) is 0. The highest BCUT2D eigenvalue weighted by molar-refractivity contribution is 6.00. The molecule has 0 aliphatic carbocycles. The summed E-state index contributed by atoms with van der Waals surface area (Å²) in [5, 5.41) is 2.69. The number of carbonyl (C=O) groups excluding carboxylic acids is 2. The smallest absolute Gasteiger partial charge is 0.253 e. The number of aromatic nitrogens is 1. The molecule has 0 atom stereocenters. The van der Waals surface area contributed by atoms with E-state index in [1.807, 2.05) is 6.92 Å². The fourth-order valence-corrected chi connectivity index (χ4v) is 3.19. The Hall–Kier alpha value is -2.69. The second kappa shape index (κ2) is 6.83. The largest absolute Gasteiger partial charge is 0.343 e. The molecule has 3 rings (SSSR count). The van der Waals surface area contributed by atoms with Crippen LogP contribution in [0.25, 0.3) is 0 Å². The van der Waals surface area contributed by atoms with Gasteiger partial charge in [0, 0.05) is 24.6 Å². The normalized spacial score (nSPS) is 13.3. The van der Waals surface area contributed by atoms with Crippen molar-refractivity contribution in [2.45, 2.75) is 26.7 Å². The van der Waals surface area contributed by atoms with E-state index >= 15 is 0 Å². The highest BCUT2D eigenvalue weighted by atomic mass is 16.2. The summed E-state index contributed by atoms with van der Waals surface area (Å²) in [5.74, 6) is -0.368. The average molecular weight is 323 g/mol. The van der Waals surface area contributed by atoms with E-state index in [0.717, 1.165) is 24.1 Å². The third kappa shape index (κ3) is 3.30. The molecule has 2 amide bonds. The van der Waals surface area contributed by atoms with Gasteiger partial charge in [-0.3, -0.25) is 14.6 Å². The van der Waals surface area contributed by atoms with E-state index in [0.29, 0.717) is 12.1 Å². The summed E-state index contributed by atoms with van der Waals surface area (Å²) < 4.78 is 0.